The highest BCUT2D eigenvalue weighted by molar-refractivity contribution is 7.88. The third-order valence-corrected chi connectivity index (χ3v) is 4.25. The van der Waals surface area contributed by atoms with Gasteiger partial charge in [-0.1, -0.05) is 0 Å². The van der Waals surface area contributed by atoms with Crippen LogP contribution in [0.3, 0.4) is 0 Å². The first-order chi connectivity index (χ1) is 8.43. The van der Waals surface area contributed by atoms with Crippen molar-refractivity contribution in [2.75, 3.05) is 13.2 Å². The molecule has 1 fully saturated rings. The molecule has 106 valence electrons. The topological polar surface area (TPSA) is 84.5 Å². The molecule has 18 heavy (non-hydrogen) atoms. The molecule has 0 aromatic heterocycles. The molecule has 0 aliphatic heterocycles. The Kier molecular flexibility index (Phi) is 6.17. The van der Waals surface area contributed by atoms with Gasteiger partial charge in [0.05, 0.1) is 6.61 Å². The standard InChI is InChI=1S/C10H19ClN2O4S/c1-2-17-10(14)13-18(15,16)12-7-8-3-5-9(11)6-4-8/h8-9,12H,2-7H2,1H3,(H,13,14). The summed E-state index contributed by atoms with van der Waals surface area (Å²) in [5.74, 6) is 0.277. The Morgan fingerprint density at radius 3 is 2.50 bits per heavy atom. The van der Waals surface area contributed by atoms with Crippen molar-refractivity contribution in [1.82, 2.24) is 9.44 Å². The third kappa shape index (κ3) is 5.88. The summed E-state index contributed by atoms with van der Waals surface area (Å²) in [4.78, 5) is 11.0. The maximum atomic E-state index is 11.5. The van der Waals surface area contributed by atoms with E-state index in [9.17, 15) is 13.2 Å². The largest absolute Gasteiger partial charge is 0.449 e. The van der Waals surface area contributed by atoms with Gasteiger partial charge in [-0.3, -0.25) is 0 Å². The van der Waals surface area contributed by atoms with Crippen LogP contribution in [0.2, 0.25) is 0 Å². The van der Waals surface area contributed by atoms with Gasteiger partial charge in [0, 0.05) is 11.9 Å². The van der Waals surface area contributed by atoms with Crippen LogP contribution < -0.4 is 9.44 Å². The second kappa shape index (κ2) is 7.16. The SMILES string of the molecule is CCOC(=O)NS(=O)(=O)NCC1CCC(Cl)CC1. The molecule has 0 heterocycles. The van der Waals surface area contributed by atoms with E-state index in [4.69, 9.17) is 11.6 Å². The molecule has 1 aliphatic carbocycles. The van der Waals surface area contributed by atoms with Crippen LogP contribution in [0.4, 0.5) is 4.79 Å². The summed E-state index contributed by atoms with van der Waals surface area (Å²) in [6.45, 7) is 2.05. The molecule has 0 aromatic carbocycles. The molecule has 0 aromatic rings. The average molecular weight is 299 g/mol. The van der Waals surface area contributed by atoms with Gasteiger partial charge in [0.1, 0.15) is 0 Å². The first-order valence-corrected chi connectivity index (χ1v) is 7.93. The Morgan fingerprint density at radius 1 is 1.33 bits per heavy atom. The Labute approximate surface area is 113 Å². The maximum Gasteiger partial charge on any atom is 0.421 e. The van der Waals surface area contributed by atoms with Crippen LogP contribution in [0.15, 0.2) is 0 Å². The summed E-state index contributed by atoms with van der Waals surface area (Å²) in [6.07, 6.45) is 2.64. The zero-order chi connectivity index (χ0) is 13.6. The average Bonchev–Trinajstić information content (AvgIpc) is 2.28. The molecule has 0 bridgehead atoms. The molecule has 0 unspecified atom stereocenters. The third-order valence-electron chi connectivity index (χ3n) is 2.83. The number of carbonyl (C=O) groups excluding carboxylic acids is 1. The van der Waals surface area contributed by atoms with Gasteiger partial charge in [0.15, 0.2) is 0 Å². The summed E-state index contributed by atoms with van der Waals surface area (Å²) in [5.41, 5.74) is 0. The van der Waals surface area contributed by atoms with E-state index in [1.807, 2.05) is 0 Å². The smallest absolute Gasteiger partial charge is 0.421 e. The normalized spacial score (nSPS) is 24.6. The number of rotatable bonds is 5. The first kappa shape index (κ1) is 15.5. The minimum atomic E-state index is -3.82. The molecule has 0 saturated heterocycles. The number of nitrogens with one attached hydrogen (secondary N) is 2. The van der Waals surface area contributed by atoms with Crippen LogP contribution in [0.25, 0.3) is 0 Å². The van der Waals surface area contributed by atoms with E-state index in [0.717, 1.165) is 25.7 Å². The molecular formula is C10H19ClN2O4S. The van der Waals surface area contributed by atoms with Gasteiger partial charge >= 0.3 is 16.3 Å². The molecule has 0 atom stereocenters. The van der Waals surface area contributed by atoms with Gasteiger partial charge in [-0.05, 0) is 38.5 Å². The molecule has 1 aliphatic rings. The lowest BCUT2D eigenvalue weighted by Gasteiger charge is -2.24. The number of carbonyl (C=O) groups is 1. The monoisotopic (exact) mass is 298 g/mol. The number of hydrogen-bond acceptors (Lipinski definition) is 4. The maximum absolute atomic E-state index is 11.5. The van der Waals surface area contributed by atoms with E-state index in [2.05, 4.69) is 9.46 Å². The summed E-state index contributed by atoms with van der Waals surface area (Å²) in [7, 11) is -3.82. The van der Waals surface area contributed by atoms with E-state index in [-0.39, 0.29) is 17.9 Å². The Hall–Kier alpha value is -0.530. The zero-order valence-corrected chi connectivity index (χ0v) is 11.9. The van der Waals surface area contributed by atoms with Gasteiger partial charge in [0.2, 0.25) is 0 Å². The lowest BCUT2D eigenvalue weighted by atomic mass is 9.89. The van der Waals surface area contributed by atoms with Crippen molar-refractivity contribution in [2.45, 2.75) is 38.0 Å². The van der Waals surface area contributed by atoms with E-state index < -0.39 is 16.3 Å². The predicted molar refractivity (Wildman–Crippen MR) is 68.7 cm³/mol. The van der Waals surface area contributed by atoms with Gasteiger partial charge in [-0.2, -0.15) is 13.1 Å². The Balaban J connectivity index is 2.31. The molecule has 2 N–H and O–H groups in total. The minimum Gasteiger partial charge on any atom is -0.449 e. The zero-order valence-electron chi connectivity index (χ0n) is 10.3. The van der Waals surface area contributed by atoms with Crippen molar-refractivity contribution in [1.29, 1.82) is 0 Å². The number of amides is 1. The number of halogens is 1. The van der Waals surface area contributed by atoms with E-state index >= 15 is 0 Å². The van der Waals surface area contributed by atoms with Crippen LogP contribution in [0.1, 0.15) is 32.6 Å². The molecular weight excluding hydrogens is 280 g/mol. The Morgan fingerprint density at radius 2 is 1.94 bits per heavy atom. The summed E-state index contributed by atoms with van der Waals surface area (Å²) in [5, 5.41) is 0.204. The fourth-order valence-electron chi connectivity index (χ4n) is 1.86. The van der Waals surface area contributed by atoms with Crippen molar-refractivity contribution in [3.05, 3.63) is 0 Å². The van der Waals surface area contributed by atoms with Crippen LogP contribution in [-0.4, -0.2) is 33.0 Å². The van der Waals surface area contributed by atoms with Crippen molar-refractivity contribution in [3.8, 4) is 0 Å². The van der Waals surface area contributed by atoms with Gasteiger partial charge < -0.3 is 4.74 Å². The molecule has 6 nitrogen and oxygen atoms in total. The molecule has 8 heteroatoms. The van der Waals surface area contributed by atoms with E-state index in [0.29, 0.717) is 6.54 Å². The van der Waals surface area contributed by atoms with E-state index in [1.54, 1.807) is 11.6 Å². The molecule has 1 rings (SSSR count). The van der Waals surface area contributed by atoms with Crippen LogP contribution in [-0.2, 0) is 14.9 Å². The number of alkyl halides is 1. The molecule has 1 saturated carbocycles. The van der Waals surface area contributed by atoms with Crippen molar-refractivity contribution < 1.29 is 17.9 Å². The summed E-state index contributed by atoms with van der Waals surface area (Å²) < 4.78 is 31.6. The molecule has 1 amide bonds. The van der Waals surface area contributed by atoms with Gasteiger partial charge in [-0.15, -0.1) is 11.6 Å². The van der Waals surface area contributed by atoms with Crippen molar-refractivity contribution >= 4 is 27.9 Å². The highest BCUT2D eigenvalue weighted by Crippen LogP contribution is 2.26. The highest BCUT2D eigenvalue weighted by Gasteiger charge is 2.22. The number of ether oxygens (including phenoxy) is 1. The van der Waals surface area contributed by atoms with Crippen LogP contribution >= 0.6 is 11.6 Å². The highest BCUT2D eigenvalue weighted by atomic mass is 35.5. The predicted octanol–water partition coefficient (Wildman–Crippen LogP) is 1.36. The summed E-state index contributed by atoms with van der Waals surface area (Å²) >= 11 is 5.96. The van der Waals surface area contributed by atoms with Crippen LogP contribution in [0.5, 0.6) is 0 Å². The minimum absolute atomic E-state index is 0.126. The molecule has 0 radical (unpaired) electrons. The summed E-state index contributed by atoms with van der Waals surface area (Å²) in [6, 6.07) is 0. The fourth-order valence-corrected chi connectivity index (χ4v) is 2.92. The lowest BCUT2D eigenvalue weighted by Crippen LogP contribution is -2.42. The quantitative estimate of drug-likeness (QED) is 0.751. The van der Waals surface area contributed by atoms with Crippen molar-refractivity contribution in [2.24, 2.45) is 5.92 Å². The van der Waals surface area contributed by atoms with Gasteiger partial charge in [0.25, 0.3) is 0 Å². The van der Waals surface area contributed by atoms with E-state index in [1.165, 1.54) is 0 Å². The first-order valence-electron chi connectivity index (χ1n) is 6.01. The van der Waals surface area contributed by atoms with Crippen molar-refractivity contribution in [3.63, 3.8) is 0 Å². The lowest BCUT2D eigenvalue weighted by molar-refractivity contribution is 0.158. The second-order valence-corrected chi connectivity index (χ2v) is 6.41. The second-order valence-electron chi connectivity index (χ2n) is 4.29. The molecule has 0 spiro atoms. The van der Waals surface area contributed by atoms with Crippen LogP contribution in [0, 0.1) is 5.92 Å². The van der Waals surface area contributed by atoms with Gasteiger partial charge in [-0.25, -0.2) is 9.52 Å². The Bertz CT molecular complexity index is 366. The fraction of sp³-hybridized carbons (Fsp3) is 0.900. The number of hydrogen-bond donors (Lipinski definition) is 2.